The molecule has 1 fully saturated rings. The Bertz CT molecular complexity index is 312. The smallest absolute Gasteiger partial charge is 0.0594 e. The summed E-state index contributed by atoms with van der Waals surface area (Å²) in [6.07, 6.45) is 3.67. The number of aromatic nitrogens is 1. The van der Waals surface area contributed by atoms with Crippen molar-refractivity contribution in [1.82, 2.24) is 15.2 Å². The van der Waals surface area contributed by atoms with Crippen LogP contribution in [0.1, 0.15) is 12.5 Å². The van der Waals surface area contributed by atoms with Gasteiger partial charge in [0, 0.05) is 44.6 Å². The highest BCUT2D eigenvalue weighted by molar-refractivity contribution is 5.09. The molecule has 94 valence electrons. The lowest BCUT2D eigenvalue weighted by molar-refractivity contribution is 0.0343. The van der Waals surface area contributed by atoms with Crippen LogP contribution in [-0.2, 0) is 11.3 Å². The molecule has 0 aromatic carbocycles. The summed E-state index contributed by atoms with van der Waals surface area (Å²) in [5.74, 6) is 0. The highest BCUT2D eigenvalue weighted by Gasteiger charge is 2.12. The number of pyridine rings is 1. The van der Waals surface area contributed by atoms with Crippen molar-refractivity contribution in [2.75, 3.05) is 32.8 Å². The molecule has 0 aliphatic carbocycles. The van der Waals surface area contributed by atoms with Gasteiger partial charge in [-0.25, -0.2) is 0 Å². The minimum atomic E-state index is 0.501. The Kier molecular flexibility index (Phi) is 4.91. The van der Waals surface area contributed by atoms with E-state index in [1.54, 1.807) is 0 Å². The monoisotopic (exact) mass is 235 g/mol. The summed E-state index contributed by atoms with van der Waals surface area (Å²) in [4.78, 5) is 6.47. The summed E-state index contributed by atoms with van der Waals surface area (Å²) in [5.41, 5.74) is 1.29. The minimum Gasteiger partial charge on any atom is -0.379 e. The summed E-state index contributed by atoms with van der Waals surface area (Å²) < 4.78 is 5.34. The number of rotatable bonds is 5. The van der Waals surface area contributed by atoms with Crippen molar-refractivity contribution in [3.05, 3.63) is 30.1 Å². The fraction of sp³-hybridized carbons (Fsp3) is 0.615. The van der Waals surface area contributed by atoms with E-state index in [1.807, 2.05) is 12.4 Å². The maximum atomic E-state index is 5.34. The van der Waals surface area contributed by atoms with Gasteiger partial charge in [0.1, 0.15) is 0 Å². The van der Waals surface area contributed by atoms with Crippen LogP contribution in [0.15, 0.2) is 24.5 Å². The zero-order chi connectivity index (χ0) is 11.9. The second-order valence-corrected chi connectivity index (χ2v) is 4.55. The molecule has 1 aliphatic heterocycles. The Morgan fingerprint density at radius 1 is 1.35 bits per heavy atom. The molecule has 4 nitrogen and oxygen atoms in total. The van der Waals surface area contributed by atoms with E-state index in [4.69, 9.17) is 4.74 Å². The lowest BCUT2D eigenvalue weighted by Crippen LogP contribution is -2.44. The third kappa shape index (κ3) is 4.42. The van der Waals surface area contributed by atoms with E-state index in [1.165, 1.54) is 5.56 Å². The molecule has 1 aromatic rings. The normalized spacial score (nSPS) is 19.1. The Labute approximate surface area is 103 Å². The van der Waals surface area contributed by atoms with E-state index in [2.05, 4.69) is 34.3 Å². The number of hydrogen-bond acceptors (Lipinski definition) is 4. The second kappa shape index (κ2) is 6.69. The van der Waals surface area contributed by atoms with Crippen LogP contribution in [0.3, 0.4) is 0 Å². The molecular weight excluding hydrogens is 214 g/mol. The summed E-state index contributed by atoms with van der Waals surface area (Å²) in [6.45, 7) is 8.09. The molecule has 0 saturated carbocycles. The molecule has 1 unspecified atom stereocenters. The van der Waals surface area contributed by atoms with Crippen LogP contribution in [0, 0.1) is 0 Å². The van der Waals surface area contributed by atoms with Gasteiger partial charge in [-0.15, -0.1) is 0 Å². The molecular formula is C13H21N3O. The van der Waals surface area contributed by atoms with Gasteiger partial charge in [-0.1, -0.05) is 0 Å². The van der Waals surface area contributed by atoms with Crippen LogP contribution in [0.4, 0.5) is 0 Å². The average Bonchev–Trinajstić information content (AvgIpc) is 2.39. The molecule has 0 amide bonds. The minimum absolute atomic E-state index is 0.501. The zero-order valence-electron chi connectivity index (χ0n) is 10.4. The van der Waals surface area contributed by atoms with Crippen LogP contribution in [0.5, 0.6) is 0 Å². The fourth-order valence-corrected chi connectivity index (χ4v) is 2.03. The lowest BCUT2D eigenvalue weighted by Gasteiger charge is -2.29. The van der Waals surface area contributed by atoms with Crippen LogP contribution in [0.2, 0.25) is 0 Å². The molecule has 1 N–H and O–H groups in total. The van der Waals surface area contributed by atoms with E-state index >= 15 is 0 Å². The van der Waals surface area contributed by atoms with Gasteiger partial charge < -0.3 is 10.1 Å². The van der Waals surface area contributed by atoms with Gasteiger partial charge in [0.15, 0.2) is 0 Å². The topological polar surface area (TPSA) is 37.4 Å². The van der Waals surface area contributed by atoms with Gasteiger partial charge in [-0.2, -0.15) is 0 Å². The van der Waals surface area contributed by atoms with E-state index in [0.29, 0.717) is 6.04 Å². The first kappa shape index (κ1) is 12.5. The molecule has 1 saturated heterocycles. The Balaban J connectivity index is 1.68. The fourth-order valence-electron chi connectivity index (χ4n) is 2.03. The van der Waals surface area contributed by atoms with Crippen molar-refractivity contribution in [3.8, 4) is 0 Å². The first-order valence-electron chi connectivity index (χ1n) is 6.27. The molecule has 0 radical (unpaired) electrons. The predicted octanol–water partition coefficient (Wildman–Crippen LogP) is 0.892. The SMILES string of the molecule is CC(CN1CCOCC1)NCc1ccncc1. The van der Waals surface area contributed by atoms with E-state index in [9.17, 15) is 0 Å². The molecule has 0 bridgehead atoms. The Hall–Kier alpha value is -0.970. The Morgan fingerprint density at radius 2 is 2.06 bits per heavy atom. The van der Waals surface area contributed by atoms with E-state index in [0.717, 1.165) is 39.4 Å². The summed E-state index contributed by atoms with van der Waals surface area (Å²) >= 11 is 0. The molecule has 17 heavy (non-hydrogen) atoms. The van der Waals surface area contributed by atoms with E-state index < -0.39 is 0 Å². The zero-order valence-corrected chi connectivity index (χ0v) is 10.4. The molecule has 1 aromatic heterocycles. The second-order valence-electron chi connectivity index (χ2n) is 4.55. The maximum absolute atomic E-state index is 5.34. The molecule has 2 rings (SSSR count). The maximum Gasteiger partial charge on any atom is 0.0594 e. The van der Waals surface area contributed by atoms with Gasteiger partial charge in [0.2, 0.25) is 0 Å². The van der Waals surface area contributed by atoms with Crippen molar-refractivity contribution in [3.63, 3.8) is 0 Å². The third-order valence-corrected chi connectivity index (χ3v) is 3.04. The van der Waals surface area contributed by atoms with Gasteiger partial charge >= 0.3 is 0 Å². The number of nitrogens with zero attached hydrogens (tertiary/aromatic N) is 2. The van der Waals surface area contributed by atoms with Crippen LogP contribution < -0.4 is 5.32 Å². The van der Waals surface area contributed by atoms with Crippen LogP contribution >= 0.6 is 0 Å². The van der Waals surface area contributed by atoms with Gasteiger partial charge in [0.25, 0.3) is 0 Å². The first-order chi connectivity index (χ1) is 8.34. The highest BCUT2D eigenvalue weighted by Crippen LogP contribution is 2.00. The standard InChI is InChI=1S/C13H21N3O/c1-12(11-16-6-8-17-9-7-16)15-10-13-2-4-14-5-3-13/h2-5,12,15H,6-11H2,1H3. The van der Waals surface area contributed by atoms with Crippen LogP contribution in [0.25, 0.3) is 0 Å². The van der Waals surface area contributed by atoms with Crippen molar-refractivity contribution < 1.29 is 4.74 Å². The quantitative estimate of drug-likeness (QED) is 0.822. The van der Waals surface area contributed by atoms with Crippen molar-refractivity contribution >= 4 is 0 Å². The van der Waals surface area contributed by atoms with E-state index in [-0.39, 0.29) is 0 Å². The molecule has 4 heteroatoms. The molecule has 2 heterocycles. The molecule has 0 spiro atoms. The van der Waals surface area contributed by atoms with Gasteiger partial charge in [0.05, 0.1) is 13.2 Å². The first-order valence-corrected chi connectivity index (χ1v) is 6.27. The Morgan fingerprint density at radius 3 is 2.76 bits per heavy atom. The molecule has 1 aliphatic rings. The highest BCUT2D eigenvalue weighted by atomic mass is 16.5. The number of nitrogens with one attached hydrogen (secondary N) is 1. The van der Waals surface area contributed by atoms with Gasteiger partial charge in [-0.3, -0.25) is 9.88 Å². The van der Waals surface area contributed by atoms with Crippen molar-refractivity contribution in [2.24, 2.45) is 0 Å². The average molecular weight is 235 g/mol. The van der Waals surface area contributed by atoms with Gasteiger partial charge in [-0.05, 0) is 24.6 Å². The summed E-state index contributed by atoms with van der Waals surface area (Å²) in [7, 11) is 0. The lowest BCUT2D eigenvalue weighted by atomic mass is 10.2. The van der Waals surface area contributed by atoms with Crippen LogP contribution in [-0.4, -0.2) is 48.8 Å². The van der Waals surface area contributed by atoms with Crippen molar-refractivity contribution in [1.29, 1.82) is 0 Å². The number of ether oxygens (including phenoxy) is 1. The molecule has 1 atom stereocenters. The largest absolute Gasteiger partial charge is 0.379 e. The third-order valence-electron chi connectivity index (χ3n) is 3.04. The van der Waals surface area contributed by atoms with Crippen molar-refractivity contribution in [2.45, 2.75) is 19.5 Å². The summed E-state index contributed by atoms with van der Waals surface area (Å²) in [6, 6.07) is 4.60. The summed E-state index contributed by atoms with van der Waals surface area (Å²) in [5, 5.41) is 3.54. The number of morpholine rings is 1. The number of hydrogen-bond donors (Lipinski definition) is 1. The predicted molar refractivity (Wildman–Crippen MR) is 67.8 cm³/mol.